The summed E-state index contributed by atoms with van der Waals surface area (Å²) in [5.74, 6) is 0.107. The molecule has 3 nitrogen and oxygen atoms in total. The summed E-state index contributed by atoms with van der Waals surface area (Å²) in [4.78, 5) is 16.5. The molecule has 4 heteroatoms. The summed E-state index contributed by atoms with van der Waals surface area (Å²) in [6, 6.07) is 9.18. The molecule has 0 amide bonds. The van der Waals surface area contributed by atoms with Crippen LogP contribution in [0, 0.1) is 0 Å². The van der Waals surface area contributed by atoms with Crippen molar-refractivity contribution in [2.75, 3.05) is 5.73 Å². The number of hydrogen-bond donors (Lipinski definition) is 1. The van der Waals surface area contributed by atoms with E-state index in [0.717, 1.165) is 11.1 Å². The van der Waals surface area contributed by atoms with Gasteiger partial charge in [0.2, 0.25) is 0 Å². The van der Waals surface area contributed by atoms with E-state index in [-0.39, 0.29) is 5.78 Å². The SMILES string of the molecule is CC(C)(C(=O)Cc1ccncc1Cl)c1ccc(N)cc1. The number of benzene rings is 1. The Labute approximate surface area is 123 Å². The molecule has 2 N–H and O–H groups in total. The van der Waals surface area contributed by atoms with Gasteiger partial charge < -0.3 is 5.73 Å². The number of carbonyl (C=O) groups excluding carboxylic acids is 1. The summed E-state index contributed by atoms with van der Waals surface area (Å²) in [6.07, 6.45) is 3.49. The molecule has 0 spiro atoms. The number of Topliss-reactive ketones (excluding diaryl/α,β-unsaturated/α-hetero) is 1. The van der Waals surface area contributed by atoms with Gasteiger partial charge in [-0.05, 0) is 43.2 Å². The zero-order valence-electron chi connectivity index (χ0n) is 11.6. The molecule has 0 aliphatic rings. The van der Waals surface area contributed by atoms with Gasteiger partial charge in [-0.2, -0.15) is 0 Å². The Morgan fingerprint density at radius 3 is 2.50 bits per heavy atom. The van der Waals surface area contributed by atoms with E-state index in [4.69, 9.17) is 17.3 Å². The summed E-state index contributed by atoms with van der Waals surface area (Å²) >= 11 is 6.05. The van der Waals surface area contributed by atoms with Crippen molar-refractivity contribution in [3.8, 4) is 0 Å². The van der Waals surface area contributed by atoms with Gasteiger partial charge in [0.15, 0.2) is 0 Å². The number of halogens is 1. The number of rotatable bonds is 4. The van der Waals surface area contributed by atoms with Gasteiger partial charge in [0.25, 0.3) is 0 Å². The lowest BCUT2D eigenvalue weighted by Gasteiger charge is -2.24. The first-order valence-electron chi connectivity index (χ1n) is 6.39. The highest BCUT2D eigenvalue weighted by Crippen LogP contribution is 2.27. The lowest BCUT2D eigenvalue weighted by molar-refractivity contribution is -0.122. The van der Waals surface area contributed by atoms with Crippen molar-refractivity contribution in [3.05, 3.63) is 58.9 Å². The molecule has 2 rings (SSSR count). The summed E-state index contributed by atoms with van der Waals surface area (Å²) in [7, 11) is 0. The topological polar surface area (TPSA) is 56.0 Å². The first kappa shape index (κ1) is 14.5. The Balaban J connectivity index is 2.23. The van der Waals surface area contributed by atoms with Gasteiger partial charge in [-0.15, -0.1) is 0 Å². The van der Waals surface area contributed by atoms with Crippen LogP contribution in [-0.4, -0.2) is 10.8 Å². The predicted octanol–water partition coefficient (Wildman–Crippen LogP) is 3.41. The van der Waals surface area contributed by atoms with E-state index in [0.29, 0.717) is 17.1 Å². The van der Waals surface area contributed by atoms with E-state index in [1.165, 1.54) is 0 Å². The predicted molar refractivity (Wildman–Crippen MR) is 81.8 cm³/mol. The standard InChI is InChI=1S/C16H17ClN2O/c1-16(2,12-3-5-13(18)6-4-12)15(20)9-11-7-8-19-10-14(11)17/h3-8,10H,9,18H2,1-2H3. The zero-order chi connectivity index (χ0) is 14.8. The molecular formula is C16H17ClN2O. The number of nitrogens with zero attached hydrogens (tertiary/aromatic N) is 1. The van der Waals surface area contributed by atoms with Crippen LogP contribution < -0.4 is 5.73 Å². The molecule has 104 valence electrons. The largest absolute Gasteiger partial charge is 0.399 e. The molecule has 0 aliphatic heterocycles. The second-order valence-corrected chi connectivity index (χ2v) is 5.72. The number of carbonyl (C=O) groups is 1. The normalized spacial score (nSPS) is 11.3. The van der Waals surface area contributed by atoms with Crippen LogP contribution >= 0.6 is 11.6 Å². The van der Waals surface area contributed by atoms with E-state index >= 15 is 0 Å². The molecule has 0 aliphatic carbocycles. The lowest BCUT2D eigenvalue weighted by Crippen LogP contribution is -2.30. The van der Waals surface area contributed by atoms with Gasteiger partial charge in [-0.1, -0.05) is 23.7 Å². The molecular weight excluding hydrogens is 272 g/mol. The Morgan fingerprint density at radius 2 is 1.90 bits per heavy atom. The maximum atomic E-state index is 12.6. The van der Waals surface area contributed by atoms with E-state index in [2.05, 4.69) is 4.98 Å². The number of nitrogens with two attached hydrogens (primary N) is 1. The van der Waals surface area contributed by atoms with Crippen molar-refractivity contribution in [2.24, 2.45) is 0 Å². The monoisotopic (exact) mass is 288 g/mol. The van der Waals surface area contributed by atoms with Crippen molar-refractivity contribution in [3.63, 3.8) is 0 Å². The molecule has 0 saturated carbocycles. The lowest BCUT2D eigenvalue weighted by atomic mass is 9.78. The molecule has 0 atom stereocenters. The van der Waals surface area contributed by atoms with Crippen molar-refractivity contribution in [1.82, 2.24) is 4.98 Å². The van der Waals surface area contributed by atoms with Gasteiger partial charge in [0.05, 0.1) is 5.02 Å². The van der Waals surface area contributed by atoms with Crippen molar-refractivity contribution in [1.29, 1.82) is 0 Å². The zero-order valence-corrected chi connectivity index (χ0v) is 12.3. The minimum Gasteiger partial charge on any atom is -0.399 e. The fourth-order valence-electron chi connectivity index (χ4n) is 2.00. The van der Waals surface area contributed by atoms with Gasteiger partial charge in [0.1, 0.15) is 5.78 Å². The number of nitrogen functional groups attached to an aromatic ring is 1. The molecule has 1 heterocycles. The van der Waals surface area contributed by atoms with Crippen LogP contribution in [0.3, 0.4) is 0 Å². The molecule has 0 radical (unpaired) electrons. The molecule has 1 aromatic carbocycles. The molecule has 2 aromatic rings. The summed E-state index contributed by atoms with van der Waals surface area (Å²) in [5.41, 5.74) is 7.53. The highest BCUT2D eigenvalue weighted by molar-refractivity contribution is 6.31. The van der Waals surface area contributed by atoms with E-state index in [1.807, 2.05) is 38.1 Å². The maximum absolute atomic E-state index is 12.6. The van der Waals surface area contributed by atoms with Gasteiger partial charge in [0, 0.05) is 29.9 Å². The minimum atomic E-state index is -0.583. The van der Waals surface area contributed by atoms with Crippen LogP contribution in [0.25, 0.3) is 0 Å². The van der Waals surface area contributed by atoms with E-state index < -0.39 is 5.41 Å². The number of pyridine rings is 1. The third-order valence-electron chi connectivity index (χ3n) is 3.54. The van der Waals surface area contributed by atoms with Crippen LogP contribution in [0.5, 0.6) is 0 Å². The van der Waals surface area contributed by atoms with Crippen LogP contribution in [0.1, 0.15) is 25.0 Å². The third-order valence-corrected chi connectivity index (χ3v) is 3.88. The Hall–Kier alpha value is -1.87. The highest BCUT2D eigenvalue weighted by atomic mass is 35.5. The second-order valence-electron chi connectivity index (χ2n) is 5.31. The number of anilines is 1. The van der Waals surface area contributed by atoms with Gasteiger partial charge in [-0.25, -0.2) is 0 Å². The fraction of sp³-hybridized carbons (Fsp3) is 0.250. The van der Waals surface area contributed by atoms with Gasteiger partial charge in [-0.3, -0.25) is 9.78 Å². The number of hydrogen-bond acceptors (Lipinski definition) is 3. The number of ketones is 1. The van der Waals surface area contributed by atoms with Crippen molar-refractivity contribution in [2.45, 2.75) is 25.7 Å². The van der Waals surface area contributed by atoms with E-state index in [1.54, 1.807) is 18.5 Å². The molecule has 0 saturated heterocycles. The van der Waals surface area contributed by atoms with E-state index in [9.17, 15) is 4.79 Å². The Morgan fingerprint density at radius 1 is 1.25 bits per heavy atom. The first-order chi connectivity index (χ1) is 9.41. The Bertz CT molecular complexity index is 621. The molecule has 20 heavy (non-hydrogen) atoms. The average molecular weight is 289 g/mol. The van der Waals surface area contributed by atoms with Crippen LogP contribution in [0.4, 0.5) is 5.69 Å². The molecule has 0 fully saturated rings. The van der Waals surface area contributed by atoms with Crippen LogP contribution in [0.2, 0.25) is 5.02 Å². The minimum absolute atomic E-state index is 0.107. The third kappa shape index (κ3) is 2.99. The summed E-state index contributed by atoms with van der Waals surface area (Å²) in [6.45, 7) is 3.83. The van der Waals surface area contributed by atoms with Gasteiger partial charge >= 0.3 is 0 Å². The summed E-state index contributed by atoms with van der Waals surface area (Å²) in [5, 5.41) is 0.522. The smallest absolute Gasteiger partial charge is 0.147 e. The molecule has 0 unspecified atom stereocenters. The maximum Gasteiger partial charge on any atom is 0.147 e. The fourth-order valence-corrected chi connectivity index (χ4v) is 2.19. The quantitative estimate of drug-likeness (QED) is 0.877. The first-order valence-corrected chi connectivity index (χ1v) is 6.77. The van der Waals surface area contributed by atoms with Crippen LogP contribution in [-0.2, 0) is 16.6 Å². The number of aromatic nitrogens is 1. The second kappa shape index (κ2) is 5.63. The molecule has 1 aromatic heterocycles. The average Bonchev–Trinajstić information content (AvgIpc) is 2.41. The highest BCUT2D eigenvalue weighted by Gasteiger charge is 2.29. The van der Waals surface area contributed by atoms with Crippen LogP contribution in [0.15, 0.2) is 42.7 Å². The molecule has 0 bridgehead atoms. The van der Waals surface area contributed by atoms with Crippen molar-refractivity contribution >= 4 is 23.1 Å². The van der Waals surface area contributed by atoms with Crippen molar-refractivity contribution < 1.29 is 4.79 Å². The summed E-state index contributed by atoms with van der Waals surface area (Å²) < 4.78 is 0. The Kier molecular flexibility index (Phi) is 4.09.